The number of rotatable bonds is 9. The van der Waals surface area contributed by atoms with Crippen molar-refractivity contribution in [1.82, 2.24) is 0 Å². The Morgan fingerprint density at radius 1 is 1.13 bits per heavy atom. The summed E-state index contributed by atoms with van der Waals surface area (Å²) in [5.41, 5.74) is -0.377. The first-order chi connectivity index (χ1) is 14.2. The monoisotopic (exact) mass is 473 g/mol. The van der Waals surface area contributed by atoms with E-state index >= 15 is 0 Å². The van der Waals surface area contributed by atoms with Crippen LogP contribution in [-0.4, -0.2) is 22.4 Å². The van der Waals surface area contributed by atoms with E-state index in [-0.39, 0.29) is 17.7 Å². The number of carbonyl (C=O) groups excluding carboxylic acids is 1. The maximum Gasteiger partial charge on any atom is 0.381 e. The molecule has 0 saturated heterocycles. The van der Waals surface area contributed by atoms with Gasteiger partial charge in [0.1, 0.15) is 11.5 Å². The molecule has 2 aromatic carbocycles. The SMILES string of the molecule is CCC(=O)ON=C(c1ccc(Cl)cc1Oc1ccc(Cl)cc1)P(=O)(O)OC(C)CC. The molecule has 0 fully saturated rings. The molecule has 0 aliphatic heterocycles. The summed E-state index contributed by atoms with van der Waals surface area (Å²) < 4.78 is 24.2. The molecule has 0 aromatic heterocycles. The van der Waals surface area contributed by atoms with E-state index in [9.17, 15) is 14.3 Å². The zero-order valence-corrected chi connectivity index (χ0v) is 19.1. The van der Waals surface area contributed by atoms with E-state index in [0.29, 0.717) is 22.2 Å². The van der Waals surface area contributed by atoms with Crippen LogP contribution in [0.1, 0.15) is 39.2 Å². The number of hydrogen-bond acceptors (Lipinski definition) is 6. The fourth-order valence-corrected chi connectivity index (χ4v) is 3.83. The molecule has 2 rings (SSSR count). The van der Waals surface area contributed by atoms with E-state index in [1.165, 1.54) is 18.2 Å². The summed E-state index contributed by atoms with van der Waals surface area (Å²) in [5.74, 6) is -0.147. The van der Waals surface area contributed by atoms with Crippen molar-refractivity contribution in [1.29, 1.82) is 0 Å². The maximum atomic E-state index is 13.0. The molecule has 1 N–H and O–H groups in total. The standard InChI is InChI=1S/C20H22Cl2NO6P/c1-4-13(3)29-30(25,26)20(23-28-19(24)5-2)17-11-8-15(22)12-18(17)27-16-9-6-14(21)7-10-16/h6-13H,4-5H2,1-3H3,(H,25,26). The third kappa shape index (κ3) is 6.83. The van der Waals surface area contributed by atoms with Crippen molar-refractivity contribution < 1.29 is 28.4 Å². The first kappa shape index (κ1) is 24.4. The molecule has 10 heteroatoms. The van der Waals surface area contributed by atoms with Crippen molar-refractivity contribution in [2.45, 2.75) is 39.7 Å². The Morgan fingerprint density at radius 3 is 2.37 bits per heavy atom. The predicted octanol–water partition coefficient (Wildman–Crippen LogP) is 6.40. The number of carbonyl (C=O) groups is 1. The van der Waals surface area contributed by atoms with Crippen LogP contribution >= 0.6 is 30.8 Å². The van der Waals surface area contributed by atoms with Crippen LogP contribution in [0.2, 0.25) is 10.0 Å². The summed E-state index contributed by atoms with van der Waals surface area (Å²) >= 11 is 12.0. The molecular formula is C20H22Cl2NO6P. The zero-order valence-electron chi connectivity index (χ0n) is 16.7. The Balaban J connectivity index is 2.55. The molecule has 2 aromatic rings. The highest BCUT2D eigenvalue weighted by Crippen LogP contribution is 2.50. The van der Waals surface area contributed by atoms with Gasteiger partial charge in [0.15, 0.2) is 0 Å². The van der Waals surface area contributed by atoms with E-state index in [0.717, 1.165) is 0 Å². The Kier molecular flexibility index (Phi) is 8.89. The van der Waals surface area contributed by atoms with Gasteiger partial charge in [0.2, 0.25) is 5.45 Å². The average molecular weight is 474 g/mol. The van der Waals surface area contributed by atoms with Gasteiger partial charge < -0.3 is 19.0 Å². The summed E-state index contributed by atoms with van der Waals surface area (Å²) in [6, 6.07) is 10.9. The van der Waals surface area contributed by atoms with Crippen LogP contribution in [0.15, 0.2) is 47.6 Å². The van der Waals surface area contributed by atoms with E-state index in [1.54, 1.807) is 45.0 Å². The molecule has 0 aliphatic rings. The molecule has 0 amide bonds. The van der Waals surface area contributed by atoms with Crippen LogP contribution in [0.3, 0.4) is 0 Å². The highest BCUT2D eigenvalue weighted by atomic mass is 35.5. The van der Waals surface area contributed by atoms with Gasteiger partial charge >= 0.3 is 13.6 Å². The summed E-state index contributed by atoms with van der Waals surface area (Å²) in [4.78, 5) is 27.0. The van der Waals surface area contributed by atoms with Crippen LogP contribution in [0.25, 0.3) is 0 Å². The molecule has 2 atom stereocenters. The molecule has 30 heavy (non-hydrogen) atoms. The van der Waals surface area contributed by atoms with Gasteiger partial charge in [0.05, 0.1) is 11.7 Å². The molecule has 0 spiro atoms. The van der Waals surface area contributed by atoms with Gasteiger partial charge in [-0.1, -0.05) is 42.2 Å². The number of halogens is 2. The molecule has 0 bridgehead atoms. The molecule has 162 valence electrons. The maximum absolute atomic E-state index is 13.0. The highest BCUT2D eigenvalue weighted by molar-refractivity contribution is 7.72. The zero-order chi connectivity index (χ0) is 22.3. The van der Waals surface area contributed by atoms with Crippen molar-refractivity contribution in [3.63, 3.8) is 0 Å². The average Bonchev–Trinajstić information content (AvgIpc) is 2.70. The summed E-state index contributed by atoms with van der Waals surface area (Å²) in [5, 5.41) is 4.49. The molecule has 0 saturated carbocycles. The van der Waals surface area contributed by atoms with Gasteiger partial charge in [-0.2, -0.15) is 0 Å². The predicted molar refractivity (Wildman–Crippen MR) is 117 cm³/mol. The lowest BCUT2D eigenvalue weighted by molar-refractivity contribution is -0.143. The van der Waals surface area contributed by atoms with Crippen molar-refractivity contribution in [2.24, 2.45) is 5.16 Å². The molecule has 0 aliphatic carbocycles. The lowest BCUT2D eigenvalue weighted by Crippen LogP contribution is -2.13. The summed E-state index contributed by atoms with van der Waals surface area (Å²) in [7, 11) is -4.49. The van der Waals surface area contributed by atoms with Crippen molar-refractivity contribution in [2.75, 3.05) is 0 Å². The van der Waals surface area contributed by atoms with Crippen LogP contribution in [0, 0.1) is 0 Å². The van der Waals surface area contributed by atoms with E-state index in [4.69, 9.17) is 37.3 Å². The molecule has 0 radical (unpaired) electrons. The van der Waals surface area contributed by atoms with Gasteiger partial charge in [0.25, 0.3) is 0 Å². The van der Waals surface area contributed by atoms with Crippen LogP contribution in [0.5, 0.6) is 11.5 Å². The summed E-state index contributed by atoms with van der Waals surface area (Å²) in [6.45, 7) is 5.02. The topological polar surface area (TPSA) is 94.4 Å². The first-order valence-electron chi connectivity index (χ1n) is 9.19. The van der Waals surface area contributed by atoms with Gasteiger partial charge in [-0.3, -0.25) is 4.57 Å². The van der Waals surface area contributed by atoms with Crippen molar-refractivity contribution >= 4 is 42.2 Å². The van der Waals surface area contributed by atoms with Crippen LogP contribution < -0.4 is 4.74 Å². The minimum absolute atomic E-state index is 0.0352. The third-order valence-corrected chi connectivity index (χ3v) is 5.90. The Morgan fingerprint density at radius 2 is 1.77 bits per heavy atom. The van der Waals surface area contributed by atoms with Crippen molar-refractivity contribution in [3.8, 4) is 11.5 Å². The lowest BCUT2D eigenvalue weighted by Gasteiger charge is -2.20. The third-order valence-electron chi connectivity index (χ3n) is 3.91. The Hall–Kier alpha value is -1.89. The fraction of sp³-hybridized carbons (Fsp3) is 0.300. The second-order valence-electron chi connectivity index (χ2n) is 6.27. The van der Waals surface area contributed by atoms with Gasteiger partial charge in [-0.15, -0.1) is 0 Å². The number of ether oxygens (including phenoxy) is 1. The summed E-state index contributed by atoms with van der Waals surface area (Å²) in [6.07, 6.45) is -0.0183. The minimum Gasteiger partial charge on any atom is -0.457 e. The van der Waals surface area contributed by atoms with Crippen LogP contribution in [0.4, 0.5) is 0 Å². The van der Waals surface area contributed by atoms with E-state index in [1.807, 2.05) is 0 Å². The van der Waals surface area contributed by atoms with Gasteiger partial charge in [-0.05, 0) is 49.7 Å². The molecule has 0 heterocycles. The first-order valence-corrected chi connectivity index (χ1v) is 11.5. The quantitative estimate of drug-likeness (QED) is 0.196. The number of oxime groups is 1. The lowest BCUT2D eigenvalue weighted by atomic mass is 10.2. The highest BCUT2D eigenvalue weighted by Gasteiger charge is 2.35. The normalized spacial score (nSPS) is 14.7. The number of nitrogens with zero attached hydrogens (tertiary/aromatic N) is 1. The van der Waals surface area contributed by atoms with Gasteiger partial charge in [-0.25, -0.2) is 4.79 Å². The largest absolute Gasteiger partial charge is 0.457 e. The molecule has 2 unspecified atom stereocenters. The van der Waals surface area contributed by atoms with E-state index in [2.05, 4.69) is 5.16 Å². The second kappa shape index (κ2) is 10.9. The smallest absolute Gasteiger partial charge is 0.381 e. The molecule has 7 nitrogen and oxygen atoms in total. The number of hydrogen-bond donors (Lipinski definition) is 1. The minimum atomic E-state index is -4.49. The van der Waals surface area contributed by atoms with E-state index < -0.39 is 25.1 Å². The molecular weight excluding hydrogens is 452 g/mol. The van der Waals surface area contributed by atoms with Crippen LogP contribution in [-0.2, 0) is 18.7 Å². The Bertz CT molecular complexity index is 964. The van der Waals surface area contributed by atoms with Crippen molar-refractivity contribution in [3.05, 3.63) is 58.1 Å². The second-order valence-corrected chi connectivity index (χ2v) is 8.82. The Labute approximate surface area is 185 Å². The van der Waals surface area contributed by atoms with Gasteiger partial charge in [0, 0.05) is 22.5 Å². The number of benzene rings is 2. The fourth-order valence-electron chi connectivity index (χ4n) is 2.17.